The maximum absolute atomic E-state index is 12.8. The summed E-state index contributed by atoms with van der Waals surface area (Å²) in [6.45, 7) is 3.87. The number of ketones is 1. The fraction of sp³-hybridized carbons (Fsp3) is 0.533. The van der Waals surface area contributed by atoms with Crippen molar-refractivity contribution in [1.29, 1.82) is 0 Å². The lowest BCUT2D eigenvalue weighted by Gasteiger charge is -2.23. The Balaban J connectivity index is 1.83. The molecule has 0 aromatic heterocycles. The molecule has 19 heavy (non-hydrogen) atoms. The van der Waals surface area contributed by atoms with Gasteiger partial charge in [0.05, 0.1) is 6.61 Å². The van der Waals surface area contributed by atoms with Crippen LogP contribution in [0.4, 0.5) is 4.39 Å². The Morgan fingerprint density at radius 1 is 1.37 bits per heavy atom. The molecule has 1 aliphatic rings. The van der Waals surface area contributed by atoms with E-state index in [1.807, 2.05) is 0 Å². The summed E-state index contributed by atoms with van der Waals surface area (Å²) in [5.41, 5.74) is 0.487. The van der Waals surface area contributed by atoms with Crippen LogP contribution in [0.25, 0.3) is 0 Å². The van der Waals surface area contributed by atoms with E-state index < -0.39 is 6.10 Å². The molecule has 1 aromatic rings. The second-order valence-electron chi connectivity index (χ2n) is 4.90. The van der Waals surface area contributed by atoms with Crippen molar-refractivity contribution in [2.24, 2.45) is 5.92 Å². The molecule has 4 heteroatoms. The zero-order chi connectivity index (χ0) is 13.7. The van der Waals surface area contributed by atoms with Crippen molar-refractivity contribution in [1.82, 2.24) is 0 Å². The van der Waals surface area contributed by atoms with Crippen LogP contribution in [0.1, 0.15) is 30.1 Å². The number of ether oxygens (including phenoxy) is 2. The SMILES string of the molecule is CC(OCC1CCOCC1)C(=O)c1ccc(F)cc1. The van der Waals surface area contributed by atoms with E-state index in [1.54, 1.807) is 6.92 Å². The minimum atomic E-state index is -0.492. The number of benzene rings is 1. The lowest BCUT2D eigenvalue weighted by molar-refractivity contribution is -0.000215. The van der Waals surface area contributed by atoms with Crippen molar-refractivity contribution in [2.45, 2.75) is 25.9 Å². The summed E-state index contributed by atoms with van der Waals surface area (Å²) < 4.78 is 23.7. The maximum Gasteiger partial charge on any atom is 0.191 e. The molecule has 1 aromatic carbocycles. The summed E-state index contributed by atoms with van der Waals surface area (Å²) in [5.74, 6) is 0.0246. The van der Waals surface area contributed by atoms with Crippen molar-refractivity contribution in [2.75, 3.05) is 19.8 Å². The standard InChI is InChI=1S/C15H19FO3/c1-11(19-10-12-6-8-18-9-7-12)15(17)13-2-4-14(16)5-3-13/h2-5,11-12H,6-10H2,1H3. The average Bonchev–Trinajstić information content (AvgIpc) is 2.46. The summed E-state index contributed by atoms with van der Waals surface area (Å²) in [6, 6.07) is 5.56. The van der Waals surface area contributed by atoms with Crippen LogP contribution >= 0.6 is 0 Å². The highest BCUT2D eigenvalue weighted by Crippen LogP contribution is 2.16. The van der Waals surface area contributed by atoms with Gasteiger partial charge in [-0.3, -0.25) is 4.79 Å². The quantitative estimate of drug-likeness (QED) is 0.769. The molecule has 0 saturated carbocycles. The van der Waals surface area contributed by atoms with Gasteiger partial charge in [-0.25, -0.2) is 4.39 Å². The smallest absolute Gasteiger partial charge is 0.191 e. The van der Waals surface area contributed by atoms with E-state index >= 15 is 0 Å². The van der Waals surface area contributed by atoms with Crippen LogP contribution in [-0.2, 0) is 9.47 Å². The fourth-order valence-corrected chi connectivity index (χ4v) is 2.12. The van der Waals surface area contributed by atoms with Crippen LogP contribution in [0.5, 0.6) is 0 Å². The number of Topliss-reactive ketones (excluding diaryl/α,β-unsaturated/α-hetero) is 1. The summed E-state index contributed by atoms with van der Waals surface area (Å²) >= 11 is 0. The first-order valence-corrected chi connectivity index (χ1v) is 6.66. The molecule has 1 fully saturated rings. The molecule has 0 amide bonds. The molecule has 0 bridgehead atoms. The fourth-order valence-electron chi connectivity index (χ4n) is 2.12. The van der Waals surface area contributed by atoms with Crippen LogP contribution < -0.4 is 0 Å². The zero-order valence-electron chi connectivity index (χ0n) is 11.1. The Bertz CT molecular complexity index is 410. The highest BCUT2D eigenvalue weighted by molar-refractivity contribution is 5.99. The Kier molecular flexibility index (Phi) is 5.05. The molecule has 1 atom stereocenters. The summed E-state index contributed by atoms with van der Waals surface area (Å²) in [7, 11) is 0. The van der Waals surface area contributed by atoms with Gasteiger partial charge in [0.1, 0.15) is 11.9 Å². The molecule has 2 rings (SSSR count). The lowest BCUT2D eigenvalue weighted by Crippen LogP contribution is -2.26. The van der Waals surface area contributed by atoms with E-state index in [0.29, 0.717) is 18.1 Å². The van der Waals surface area contributed by atoms with Crippen LogP contribution in [0.3, 0.4) is 0 Å². The molecule has 0 spiro atoms. The number of carbonyl (C=O) groups excluding carboxylic acids is 1. The van der Waals surface area contributed by atoms with Crippen molar-refractivity contribution in [3.8, 4) is 0 Å². The van der Waals surface area contributed by atoms with Gasteiger partial charge in [0.15, 0.2) is 5.78 Å². The normalized spacial score (nSPS) is 18.2. The number of rotatable bonds is 5. The molecule has 0 N–H and O–H groups in total. The van der Waals surface area contributed by atoms with Gasteiger partial charge in [-0.2, -0.15) is 0 Å². The first kappa shape index (κ1) is 14.2. The molecule has 0 aliphatic carbocycles. The Morgan fingerprint density at radius 2 is 2.00 bits per heavy atom. The van der Waals surface area contributed by atoms with Gasteiger partial charge in [-0.05, 0) is 49.9 Å². The van der Waals surface area contributed by atoms with Gasteiger partial charge >= 0.3 is 0 Å². The maximum atomic E-state index is 12.8. The minimum absolute atomic E-state index is 0.105. The van der Waals surface area contributed by atoms with Crippen molar-refractivity contribution >= 4 is 5.78 Å². The third kappa shape index (κ3) is 4.11. The molecule has 3 nitrogen and oxygen atoms in total. The first-order valence-electron chi connectivity index (χ1n) is 6.66. The van der Waals surface area contributed by atoms with Crippen LogP contribution in [-0.4, -0.2) is 31.7 Å². The molecule has 1 saturated heterocycles. The van der Waals surface area contributed by atoms with Gasteiger partial charge < -0.3 is 9.47 Å². The summed E-state index contributed by atoms with van der Waals surface area (Å²) in [4.78, 5) is 12.1. The average molecular weight is 266 g/mol. The Morgan fingerprint density at radius 3 is 2.63 bits per heavy atom. The third-order valence-corrected chi connectivity index (χ3v) is 3.42. The minimum Gasteiger partial charge on any atom is -0.381 e. The second-order valence-corrected chi connectivity index (χ2v) is 4.90. The Labute approximate surface area is 112 Å². The molecular formula is C15H19FO3. The number of hydrogen-bond donors (Lipinski definition) is 0. The van der Waals surface area contributed by atoms with Gasteiger partial charge in [-0.15, -0.1) is 0 Å². The first-order chi connectivity index (χ1) is 9.16. The molecule has 1 aliphatic heterocycles. The van der Waals surface area contributed by atoms with Crippen molar-refractivity contribution in [3.63, 3.8) is 0 Å². The summed E-state index contributed by atoms with van der Waals surface area (Å²) in [6.07, 6.45) is 1.47. The van der Waals surface area contributed by atoms with E-state index in [-0.39, 0.29) is 11.6 Å². The Hall–Kier alpha value is -1.26. The predicted molar refractivity (Wildman–Crippen MR) is 69.7 cm³/mol. The van der Waals surface area contributed by atoms with Gasteiger partial charge in [-0.1, -0.05) is 0 Å². The molecule has 104 valence electrons. The second kappa shape index (κ2) is 6.78. The molecule has 0 radical (unpaired) electrons. The van der Waals surface area contributed by atoms with Crippen LogP contribution in [0.2, 0.25) is 0 Å². The highest BCUT2D eigenvalue weighted by atomic mass is 19.1. The predicted octanol–water partition coefficient (Wildman–Crippen LogP) is 2.84. The van der Waals surface area contributed by atoms with Crippen molar-refractivity contribution < 1.29 is 18.7 Å². The van der Waals surface area contributed by atoms with E-state index in [9.17, 15) is 9.18 Å². The van der Waals surface area contributed by atoms with Crippen molar-refractivity contribution in [3.05, 3.63) is 35.6 Å². The molecular weight excluding hydrogens is 247 g/mol. The monoisotopic (exact) mass is 266 g/mol. The van der Waals surface area contributed by atoms with E-state index in [0.717, 1.165) is 26.1 Å². The van der Waals surface area contributed by atoms with E-state index in [2.05, 4.69) is 0 Å². The zero-order valence-corrected chi connectivity index (χ0v) is 11.1. The van der Waals surface area contributed by atoms with Crippen LogP contribution in [0.15, 0.2) is 24.3 Å². The summed E-state index contributed by atoms with van der Waals surface area (Å²) in [5, 5.41) is 0. The third-order valence-electron chi connectivity index (χ3n) is 3.42. The van der Waals surface area contributed by atoms with Gasteiger partial charge in [0.2, 0.25) is 0 Å². The van der Waals surface area contributed by atoms with E-state index in [4.69, 9.17) is 9.47 Å². The lowest BCUT2D eigenvalue weighted by atomic mass is 10.0. The number of hydrogen-bond acceptors (Lipinski definition) is 3. The van der Waals surface area contributed by atoms with Gasteiger partial charge in [0.25, 0.3) is 0 Å². The van der Waals surface area contributed by atoms with Crippen LogP contribution in [0, 0.1) is 11.7 Å². The van der Waals surface area contributed by atoms with Gasteiger partial charge in [0, 0.05) is 18.8 Å². The topological polar surface area (TPSA) is 35.5 Å². The highest BCUT2D eigenvalue weighted by Gasteiger charge is 2.19. The molecule has 1 unspecified atom stereocenters. The number of carbonyl (C=O) groups is 1. The largest absolute Gasteiger partial charge is 0.381 e. The van der Waals surface area contributed by atoms with E-state index in [1.165, 1.54) is 24.3 Å². The number of halogens is 1. The molecule has 1 heterocycles.